The Morgan fingerprint density at radius 3 is 2.80 bits per heavy atom. The van der Waals surface area contributed by atoms with Crippen molar-refractivity contribution in [3.63, 3.8) is 0 Å². The topological polar surface area (TPSA) is 90.5 Å². The van der Waals surface area contributed by atoms with Gasteiger partial charge in [0.25, 0.3) is 5.88 Å². The molecule has 1 amide bonds. The van der Waals surface area contributed by atoms with Gasteiger partial charge in [0.15, 0.2) is 0 Å². The Balaban J connectivity index is 1.62. The number of amides is 1. The standard InChI is InChI=1S/C21H18ClN5O3/c1-13-7-8-14(2)16(11-13)24-18(28)12-27-21(29)26-10-9-23-20(19(26)25-27)30-17-6-4-3-5-15(17)22/h3-11H,12H2,1-2H3,(H,24,28). The molecule has 0 aliphatic carbocycles. The highest BCUT2D eigenvalue weighted by molar-refractivity contribution is 6.32. The smallest absolute Gasteiger partial charge is 0.351 e. The summed E-state index contributed by atoms with van der Waals surface area (Å²) >= 11 is 6.13. The molecule has 0 aliphatic heterocycles. The van der Waals surface area contributed by atoms with E-state index >= 15 is 0 Å². The first-order valence-corrected chi connectivity index (χ1v) is 9.54. The van der Waals surface area contributed by atoms with Gasteiger partial charge in [-0.25, -0.2) is 18.9 Å². The maximum Gasteiger partial charge on any atom is 0.351 e. The Kier molecular flexibility index (Phi) is 5.24. The molecule has 1 N–H and O–H groups in total. The first-order valence-electron chi connectivity index (χ1n) is 9.16. The van der Waals surface area contributed by atoms with Crippen LogP contribution in [0.2, 0.25) is 5.02 Å². The summed E-state index contributed by atoms with van der Waals surface area (Å²) in [6.07, 6.45) is 2.88. The molecule has 4 rings (SSSR count). The third-order valence-corrected chi connectivity index (χ3v) is 4.79. The van der Waals surface area contributed by atoms with E-state index in [0.717, 1.165) is 15.8 Å². The molecule has 152 valence electrons. The average molecular weight is 424 g/mol. The number of aromatic nitrogens is 4. The molecule has 9 heteroatoms. The van der Waals surface area contributed by atoms with Gasteiger partial charge >= 0.3 is 5.69 Å². The third-order valence-electron chi connectivity index (χ3n) is 4.47. The molecule has 0 spiro atoms. The Morgan fingerprint density at radius 2 is 2.00 bits per heavy atom. The zero-order valence-electron chi connectivity index (χ0n) is 16.3. The van der Waals surface area contributed by atoms with Crippen LogP contribution in [-0.2, 0) is 11.3 Å². The Morgan fingerprint density at radius 1 is 1.20 bits per heavy atom. The fraction of sp³-hybridized carbons (Fsp3) is 0.143. The van der Waals surface area contributed by atoms with Crippen molar-refractivity contribution in [2.24, 2.45) is 0 Å². The number of hydrogen-bond acceptors (Lipinski definition) is 5. The van der Waals surface area contributed by atoms with E-state index in [9.17, 15) is 9.59 Å². The normalized spacial score (nSPS) is 10.9. The predicted molar refractivity (Wildman–Crippen MR) is 113 cm³/mol. The molecule has 30 heavy (non-hydrogen) atoms. The van der Waals surface area contributed by atoms with Crippen molar-refractivity contribution in [1.29, 1.82) is 0 Å². The van der Waals surface area contributed by atoms with Crippen molar-refractivity contribution in [3.8, 4) is 11.6 Å². The lowest BCUT2D eigenvalue weighted by molar-refractivity contribution is -0.117. The van der Waals surface area contributed by atoms with Crippen LogP contribution in [-0.4, -0.2) is 25.1 Å². The minimum absolute atomic E-state index is 0.108. The fourth-order valence-corrected chi connectivity index (χ4v) is 3.10. The molecule has 0 saturated heterocycles. The van der Waals surface area contributed by atoms with Crippen molar-refractivity contribution in [1.82, 2.24) is 19.2 Å². The number of rotatable bonds is 5. The van der Waals surface area contributed by atoms with Crippen LogP contribution in [0.15, 0.2) is 59.7 Å². The van der Waals surface area contributed by atoms with Crippen molar-refractivity contribution < 1.29 is 9.53 Å². The lowest BCUT2D eigenvalue weighted by atomic mass is 10.1. The van der Waals surface area contributed by atoms with E-state index in [1.165, 1.54) is 16.8 Å². The first-order chi connectivity index (χ1) is 14.4. The van der Waals surface area contributed by atoms with Crippen LogP contribution in [0.1, 0.15) is 11.1 Å². The highest BCUT2D eigenvalue weighted by Crippen LogP contribution is 2.29. The number of para-hydroxylation sites is 1. The number of nitrogens with zero attached hydrogens (tertiary/aromatic N) is 4. The van der Waals surface area contributed by atoms with Gasteiger partial charge in [-0.3, -0.25) is 4.79 Å². The Bertz CT molecular complexity index is 1310. The molecule has 4 aromatic rings. The lowest BCUT2D eigenvalue weighted by Crippen LogP contribution is -2.28. The van der Waals surface area contributed by atoms with Gasteiger partial charge in [-0.2, -0.15) is 0 Å². The summed E-state index contributed by atoms with van der Waals surface area (Å²) < 4.78 is 8.08. The van der Waals surface area contributed by atoms with Gasteiger partial charge in [-0.15, -0.1) is 5.10 Å². The number of hydrogen-bond donors (Lipinski definition) is 1. The van der Waals surface area contributed by atoms with Gasteiger partial charge in [0.2, 0.25) is 11.6 Å². The molecule has 0 fully saturated rings. The summed E-state index contributed by atoms with van der Waals surface area (Å²) in [4.78, 5) is 29.3. The number of carbonyl (C=O) groups is 1. The van der Waals surface area contributed by atoms with Gasteiger partial charge < -0.3 is 10.1 Å². The summed E-state index contributed by atoms with van der Waals surface area (Å²) in [7, 11) is 0. The van der Waals surface area contributed by atoms with Crippen molar-refractivity contribution in [3.05, 3.63) is 81.5 Å². The van der Waals surface area contributed by atoms with Crippen molar-refractivity contribution >= 4 is 28.8 Å². The fourth-order valence-electron chi connectivity index (χ4n) is 2.93. The summed E-state index contributed by atoms with van der Waals surface area (Å²) in [6, 6.07) is 12.7. The first kappa shape index (κ1) is 19.7. The van der Waals surface area contributed by atoms with Crippen LogP contribution in [0, 0.1) is 13.8 Å². The van der Waals surface area contributed by atoms with E-state index in [4.69, 9.17) is 16.3 Å². The van der Waals surface area contributed by atoms with Crippen LogP contribution in [0.5, 0.6) is 11.6 Å². The van der Waals surface area contributed by atoms with Gasteiger partial charge in [0.1, 0.15) is 12.3 Å². The number of carbonyl (C=O) groups excluding carboxylic acids is 1. The molecule has 2 aromatic carbocycles. The number of ether oxygens (including phenoxy) is 1. The number of fused-ring (bicyclic) bond motifs is 1. The number of anilines is 1. The van der Waals surface area contributed by atoms with E-state index < -0.39 is 5.69 Å². The predicted octanol–water partition coefficient (Wildman–Crippen LogP) is 3.59. The third kappa shape index (κ3) is 3.90. The van der Waals surface area contributed by atoms with Crippen LogP contribution in [0.25, 0.3) is 5.65 Å². The number of halogens is 1. The number of nitrogens with one attached hydrogen (secondary N) is 1. The van der Waals surface area contributed by atoms with Crippen molar-refractivity contribution in [2.45, 2.75) is 20.4 Å². The summed E-state index contributed by atoms with van der Waals surface area (Å²) in [5.74, 6) is 0.126. The highest BCUT2D eigenvalue weighted by Gasteiger charge is 2.16. The molecular formula is C21H18ClN5O3. The van der Waals surface area contributed by atoms with Crippen LogP contribution < -0.4 is 15.7 Å². The van der Waals surface area contributed by atoms with Crippen LogP contribution in [0.4, 0.5) is 5.69 Å². The molecule has 0 radical (unpaired) electrons. The Hall–Kier alpha value is -3.65. The summed E-state index contributed by atoms with van der Waals surface area (Å²) in [5, 5.41) is 7.46. The molecular weight excluding hydrogens is 406 g/mol. The minimum Gasteiger partial charge on any atom is -0.434 e. The number of aryl methyl sites for hydroxylation is 2. The van der Waals surface area contributed by atoms with Gasteiger partial charge in [-0.05, 0) is 43.2 Å². The molecule has 2 heterocycles. The maximum absolute atomic E-state index is 12.7. The zero-order valence-corrected chi connectivity index (χ0v) is 17.1. The molecule has 8 nitrogen and oxygen atoms in total. The molecule has 0 atom stereocenters. The lowest BCUT2D eigenvalue weighted by Gasteiger charge is -2.09. The monoisotopic (exact) mass is 423 g/mol. The van der Waals surface area contributed by atoms with E-state index in [2.05, 4.69) is 15.4 Å². The quantitative estimate of drug-likeness (QED) is 0.529. The zero-order chi connectivity index (χ0) is 21.3. The largest absolute Gasteiger partial charge is 0.434 e. The number of benzene rings is 2. The highest BCUT2D eigenvalue weighted by atomic mass is 35.5. The second-order valence-corrected chi connectivity index (χ2v) is 7.17. The van der Waals surface area contributed by atoms with Gasteiger partial charge in [0, 0.05) is 18.1 Å². The minimum atomic E-state index is -0.479. The maximum atomic E-state index is 12.7. The van der Waals surface area contributed by atoms with Gasteiger partial charge in [0.05, 0.1) is 5.02 Å². The average Bonchev–Trinajstić information content (AvgIpc) is 3.03. The molecule has 2 aromatic heterocycles. The Labute approximate surface area is 176 Å². The molecule has 0 bridgehead atoms. The van der Waals surface area contributed by atoms with Gasteiger partial charge in [-0.1, -0.05) is 35.9 Å². The van der Waals surface area contributed by atoms with E-state index in [0.29, 0.717) is 16.5 Å². The second-order valence-electron chi connectivity index (χ2n) is 6.77. The second kappa shape index (κ2) is 8.00. The van der Waals surface area contributed by atoms with Crippen LogP contribution >= 0.6 is 11.6 Å². The summed E-state index contributed by atoms with van der Waals surface area (Å²) in [6.45, 7) is 3.59. The SMILES string of the molecule is Cc1ccc(C)c(NC(=O)Cn2nc3c(Oc4ccccc4Cl)nccn3c2=O)c1. The van der Waals surface area contributed by atoms with Crippen molar-refractivity contribution in [2.75, 3.05) is 5.32 Å². The van der Waals surface area contributed by atoms with E-state index in [1.807, 2.05) is 32.0 Å². The van der Waals surface area contributed by atoms with E-state index in [1.54, 1.807) is 24.3 Å². The molecule has 0 saturated carbocycles. The summed E-state index contributed by atoms with van der Waals surface area (Å²) in [5.41, 5.74) is 2.35. The molecule has 0 unspecified atom stereocenters. The van der Waals surface area contributed by atoms with Crippen LogP contribution in [0.3, 0.4) is 0 Å². The van der Waals surface area contributed by atoms with E-state index in [-0.39, 0.29) is 24.0 Å². The molecule has 0 aliphatic rings.